The molecule has 0 spiro atoms. The van der Waals surface area contributed by atoms with Crippen LogP contribution in [0.25, 0.3) is 17.1 Å². The number of nitrogens with two attached hydrogens (primary N) is 1. The Morgan fingerprint density at radius 2 is 1.81 bits per heavy atom. The first-order valence-corrected chi connectivity index (χ1v) is 4.83. The molecule has 0 saturated heterocycles. The number of hydrogen-bond donors (Lipinski definition) is 3. The van der Waals surface area contributed by atoms with Gasteiger partial charge in [0.2, 0.25) is 0 Å². The Labute approximate surface area is 90.6 Å². The van der Waals surface area contributed by atoms with E-state index in [-0.39, 0.29) is 0 Å². The molecule has 0 aliphatic rings. The van der Waals surface area contributed by atoms with E-state index in [0.29, 0.717) is 17.6 Å². The van der Waals surface area contributed by atoms with E-state index in [9.17, 15) is 9.59 Å². The average molecular weight is 217 g/mol. The molecule has 5 nitrogen and oxygen atoms in total. The van der Waals surface area contributed by atoms with Crippen LogP contribution < -0.4 is 16.9 Å². The lowest BCUT2D eigenvalue weighted by Gasteiger charge is -1.98. The highest BCUT2D eigenvalue weighted by molar-refractivity contribution is 5.76. The van der Waals surface area contributed by atoms with Crippen molar-refractivity contribution in [3.63, 3.8) is 0 Å². The van der Waals surface area contributed by atoms with Gasteiger partial charge in [-0.05, 0) is 17.7 Å². The third-order valence-electron chi connectivity index (χ3n) is 2.19. The van der Waals surface area contributed by atoms with Crippen LogP contribution in [-0.4, -0.2) is 16.5 Å². The van der Waals surface area contributed by atoms with Gasteiger partial charge in [-0.1, -0.05) is 18.2 Å². The number of nitrogens with one attached hydrogen (secondary N) is 2. The Hall–Kier alpha value is -2.14. The van der Waals surface area contributed by atoms with Crippen molar-refractivity contribution in [2.45, 2.75) is 0 Å². The molecule has 0 atom stereocenters. The highest BCUT2D eigenvalue weighted by Crippen LogP contribution is 2.10. The normalized spacial score (nSPS) is 11.3. The average Bonchev–Trinajstić information content (AvgIpc) is 2.28. The van der Waals surface area contributed by atoms with E-state index >= 15 is 0 Å². The van der Waals surface area contributed by atoms with Gasteiger partial charge in [-0.25, -0.2) is 0 Å². The Balaban J connectivity index is 2.62. The summed E-state index contributed by atoms with van der Waals surface area (Å²) < 4.78 is 0. The van der Waals surface area contributed by atoms with Crippen molar-refractivity contribution in [2.75, 3.05) is 6.54 Å². The molecule has 1 heterocycles. The second-order valence-corrected chi connectivity index (χ2v) is 3.35. The van der Waals surface area contributed by atoms with Crippen LogP contribution in [0.4, 0.5) is 0 Å². The van der Waals surface area contributed by atoms with Crippen molar-refractivity contribution in [1.82, 2.24) is 9.97 Å². The number of hydrogen-bond acceptors (Lipinski definition) is 3. The summed E-state index contributed by atoms with van der Waals surface area (Å²) in [6, 6.07) is 5.35. The maximum Gasteiger partial charge on any atom is 0.314 e. The molecule has 5 heteroatoms. The molecule has 2 aromatic rings. The summed E-state index contributed by atoms with van der Waals surface area (Å²) in [4.78, 5) is 27.2. The first kappa shape index (κ1) is 10.4. The van der Waals surface area contributed by atoms with Crippen LogP contribution in [0.5, 0.6) is 0 Å². The molecule has 0 aliphatic heterocycles. The molecule has 0 radical (unpaired) electrons. The van der Waals surface area contributed by atoms with E-state index in [2.05, 4.69) is 9.97 Å². The van der Waals surface area contributed by atoms with E-state index in [4.69, 9.17) is 5.73 Å². The summed E-state index contributed by atoms with van der Waals surface area (Å²) >= 11 is 0. The Morgan fingerprint density at radius 3 is 2.50 bits per heavy atom. The van der Waals surface area contributed by atoms with E-state index in [1.807, 2.05) is 18.2 Å². The molecule has 1 aromatic heterocycles. The molecule has 16 heavy (non-hydrogen) atoms. The predicted molar refractivity (Wildman–Crippen MR) is 63.3 cm³/mol. The van der Waals surface area contributed by atoms with Crippen LogP contribution in [0.3, 0.4) is 0 Å². The van der Waals surface area contributed by atoms with Crippen LogP contribution in [-0.2, 0) is 0 Å². The molecular weight excluding hydrogens is 206 g/mol. The fraction of sp³-hybridized carbons (Fsp3) is 0.0909. The van der Waals surface area contributed by atoms with Gasteiger partial charge in [-0.2, -0.15) is 0 Å². The first-order chi connectivity index (χ1) is 7.70. The fourth-order valence-corrected chi connectivity index (χ4v) is 1.44. The van der Waals surface area contributed by atoms with Crippen molar-refractivity contribution < 1.29 is 0 Å². The SMILES string of the molecule is NC/C=C/c1ccc2[nH]c(=O)c(=O)[nH]c2c1. The largest absolute Gasteiger partial charge is 0.327 e. The van der Waals surface area contributed by atoms with Gasteiger partial charge in [-0.3, -0.25) is 9.59 Å². The van der Waals surface area contributed by atoms with E-state index in [1.54, 1.807) is 12.1 Å². The summed E-state index contributed by atoms with van der Waals surface area (Å²) in [6.45, 7) is 0.459. The van der Waals surface area contributed by atoms with E-state index in [0.717, 1.165) is 5.56 Å². The summed E-state index contributed by atoms with van der Waals surface area (Å²) in [7, 11) is 0. The van der Waals surface area contributed by atoms with E-state index in [1.165, 1.54) is 0 Å². The second-order valence-electron chi connectivity index (χ2n) is 3.35. The van der Waals surface area contributed by atoms with Gasteiger partial charge in [-0.15, -0.1) is 0 Å². The third kappa shape index (κ3) is 1.94. The van der Waals surface area contributed by atoms with Crippen molar-refractivity contribution in [2.24, 2.45) is 5.73 Å². The molecule has 2 rings (SSSR count). The van der Waals surface area contributed by atoms with Crippen LogP contribution >= 0.6 is 0 Å². The van der Waals surface area contributed by atoms with Gasteiger partial charge in [0.05, 0.1) is 11.0 Å². The molecule has 0 bridgehead atoms. The lowest BCUT2D eigenvalue weighted by molar-refractivity contribution is 1.15. The van der Waals surface area contributed by atoms with Gasteiger partial charge in [0, 0.05) is 6.54 Å². The van der Waals surface area contributed by atoms with Gasteiger partial charge in [0.1, 0.15) is 0 Å². The Bertz CT molecular complexity index is 652. The lowest BCUT2D eigenvalue weighted by Crippen LogP contribution is -2.28. The van der Waals surface area contributed by atoms with Crippen LogP contribution in [0.15, 0.2) is 33.9 Å². The Kier molecular flexibility index (Phi) is 2.70. The minimum Gasteiger partial charge on any atom is -0.327 e. The number of aromatic nitrogens is 2. The summed E-state index contributed by atoms with van der Waals surface area (Å²) in [6.07, 6.45) is 3.66. The minimum atomic E-state index is -0.646. The summed E-state index contributed by atoms with van der Waals surface area (Å²) in [5.74, 6) is 0. The summed E-state index contributed by atoms with van der Waals surface area (Å²) in [5.41, 5.74) is 6.18. The highest BCUT2D eigenvalue weighted by atomic mass is 16.2. The zero-order valence-electron chi connectivity index (χ0n) is 8.49. The summed E-state index contributed by atoms with van der Waals surface area (Å²) in [5, 5.41) is 0. The van der Waals surface area contributed by atoms with Gasteiger partial charge in [0.25, 0.3) is 0 Å². The standard InChI is InChI=1S/C11H11N3O2/c12-5-1-2-7-3-4-8-9(6-7)14-11(16)10(15)13-8/h1-4,6H,5,12H2,(H,13,15)(H,14,16)/b2-1+. The van der Waals surface area contributed by atoms with Crippen molar-refractivity contribution in [3.05, 3.63) is 50.5 Å². The lowest BCUT2D eigenvalue weighted by atomic mass is 10.2. The number of rotatable bonds is 2. The van der Waals surface area contributed by atoms with Gasteiger partial charge >= 0.3 is 11.1 Å². The minimum absolute atomic E-state index is 0.459. The van der Waals surface area contributed by atoms with Crippen molar-refractivity contribution in [1.29, 1.82) is 0 Å². The van der Waals surface area contributed by atoms with Crippen molar-refractivity contribution >= 4 is 17.1 Å². The molecular formula is C11H11N3O2. The second kappa shape index (κ2) is 4.16. The Morgan fingerprint density at radius 1 is 1.12 bits per heavy atom. The topological polar surface area (TPSA) is 91.7 Å². The zero-order valence-corrected chi connectivity index (χ0v) is 8.49. The molecule has 82 valence electrons. The number of H-pyrrole nitrogens is 2. The first-order valence-electron chi connectivity index (χ1n) is 4.83. The quantitative estimate of drug-likeness (QED) is 0.627. The fourth-order valence-electron chi connectivity index (χ4n) is 1.44. The van der Waals surface area contributed by atoms with Crippen LogP contribution in [0.1, 0.15) is 5.56 Å². The molecule has 0 aliphatic carbocycles. The molecule has 0 amide bonds. The maximum atomic E-state index is 11.1. The van der Waals surface area contributed by atoms with Gasteiger partial charge < -0.3 is 15.7 Å². The number of fused-ring (bicyclic) bond motifs is 1. The monoisotopic (exact) mass is 217 g/mol. The molecule has 0 unspecified atom stereocenters. The van der Waals surface area contributed by atoms with Gasteiger partial charge in [0.15, 0.2) is 0 Å². The predicted octanol–water partition coefficient (Wildman–Crippen LogP) is 0.188. The molecule has 1 aromatic carbocycles. The zero-order chi connectivity index (χ0) is 11.5. The van der Waals surface area contributed by atoms with Crippen molar-refractivity contribution in [3.8, 4) is 0 Å². The van der Waals surface area contributed by atoms with E-state index < -0.39 is 11.1 Å². The number of benzene rings is 1. The van der Waals surface area contributed by atoms with Crippen LogP contribution in [0, 0.1) is 0 Å². The highest BCUT2D eigenvalue weighted by Gasteiger charge is 1.98. The van der Waals surface area contributed by atoms with Crippen LogP contribution in [0.2, 0.25) is 0 Å². The maximum absolute atomic E-state index is 11.1. The molecule has 0 saturated carbocycles. The third-order valence-corrected chi connectivity index (χ3v) is 2.19. The number of aromatic amines is 2. The smallest absolute Gasteiger partial charge is 0.314 e. The molecule has 0 fully saturated rings. The molecule has 4 N–H and O–H groups in total.